The molecular formula is C14H23N3O3. The standard InChI is InChI=1S/C14H23N3O3/c1-19-12(18)8-7-11-16-13(17-20-11)14(15)9-5-3-2-4-6-10-14/h2-10,15H2,1H3. The molecule has 1 fully saturated rings. The Morgan fingerprint density at radius 1 is 1.30 bits per heavy atom. The molecule has 2 rings (SSSR count). The van der Waals surface area contributed by atoms with Crippen molar-refractivity contribution in [1.82, 2.24) is 10.1 Å². The third-order valence-corrected chi connectivity index (χ3v) is 3.93. The van der Waals surface area contributed by atoms with E-state index in [2.05, 4.69) is 14.9 Å². The van der Waals surface area contributed by atoms with Gasteiger partial charge in [0.15, 0.2) is 5.82 Å². The molecule has 1 aromatic rings. The number of carbonyl (C=O) groups excluding carboxylic acids is 1. The summed E-state index contributed by atoms with van der Waals surface area (Å²) in [7, 11) is 1.37. The zero-order valence-corrected chi connectivity index (χ0v) is 12.1. The van der Waals surface area contributed by atoms with E-state index in [1.165, 1.54) is 26.4 Å². The molecule has 1 aliphatic carbocycles. The van der Waals surface area contributed by atoms with Gasteiger partial charge in [0, 0.05) is 6.42 Å². The summed E-state index contributed by atoms with van der Waals surface area (Å²) in [5.41, 5.74) is 5.99. The average Bonchev–Trinajstić information content (AvgIpc) is 2.90. The van der Waals surface area contributed by atoms with Crippen LogP contribution in [0.5, 0.6) is 0 Å². The Morgan fingerprint density at radius 2 is 1.95 bits per heavy atom. The number of nitrogens with zero attached hydrogens (tertiary/aromatic N) is 2. The van der Waals surface area contributed by atoms with E-state index >= 15 is 0 Å². The van der Waals surface area contributed by atoms with Gasteiger partial charge in [0.1, 0.15) is 0 Å². The molecule has 20 heavy (non-hydrogen) atoms. The summed E-state index contributed by atoms with van der Waals surface area (Å²) in [6, 6.07) is 0. The normalized spacial score (nSPS) is 19.1. The number of esters is 1. The Bertz CT molecular complexity index is 437. The minimum atomic E-state index is -0.479. The van der Waals surface area contributed by atoms with Crippen molar-refractivity contribution < 1.29 is 14.1 Å². The van der Waals surface area contributed by atoms with Gasteiger partial charge in [0.05, 0.1) is 19.1 Å². The van der Waals surface area contributed by atoms with Crippen LogP contribution in [-0.2, 0) is 21.5 Å². The third-order valence-electron chi connectivity index (χ3n) is 3.93. The van der Waals surface area contributed by atoms with Crippen LogP contribution in [-0.4, -0.2) is 23.2 Å². The van der Waals surface area contributed by atoms with E-state index in [4.69, 9.17) is 10.3 Å². The molecular weight excluding hydrogens is 258 g/mol. The number of aryl methyl sites for hydroxylation is 1. The van der Waals surface area contributed by atoms with Crippen LogP contribution < -0.4 is 5.73 Å². The Balaban J connectivity index is 2.00. The smallest absolute Gasteiger partial charge is 0.306 e. The third kappa shape index (κ3) is 3.79. The molecule has 0 amide bonds. The van der Waals surface area contributed by atoms with Gasteiger partial charge in [-0.3, -0.25) is 4.79 Å². The Kier molecular flexibility index (Phi) is 5.11. The summed E-state index contributed by atoms with van der Waals surface area (Å²) in [4.78, 5) is 15.5. The molecule has 0 atom stereocenters. The number of carbonyl (C=O) groups is 1. The topological polar surface area (TPSA) is 91.2 Å². The minimum absolute atomic E-state index is 0.246. The van der Waals surface area contributed by atoms with Crippen LogP contribution in [0, 0.1) is 0 Å². The zero-order valence-electron chi connectivity index (χ0n) is 12.1. The lowest BCUT2D eigenvalue weighted by atomic mass is 9.84. The molecule has 1 aliphatic rings. The molecule has 1 aromatic heterocycles. The monoisotopic (exact) mass is 281 g/mol. The first kappa shape index (κ1) is 15.0. The lowest BCUT2D eigenvalue weighted by molar-refractivity contribution is -0.140. The number of methoxy groups -OCH3 is 1. The van der Waals surface area contributed by atoms with Gasteiger partial charge in [-0.1, -0.05) is 37.3 Å². The Labute approximate surface area is 119 Å². The second-order valence-corrected chi connectivity index (χ2v) is 5.51. The molecule has 0 unspecified atom stereocenters. The molecule has 0 saturated heterocycles. The van der Waals surface area contributed by atoms with Gasteiger partial charge >= 0.3 is 5.97 Å². The predicted octanol–water partition coefficient (Wildman–Crippen LogP) is 2.07. The van der Waals surface area contributed by atoms with Crippen LogP contribution in [0.1, 0.15) is 63.1 Å². The van der Waals surface area contributed by atoms with Gasteiger partial charge in [-0.25, -0.2) is 0 Å². The van der Waals surface area contributed by atoms with Crippen LogP contribution in [0.25, 0.3) is 0 Å². The highest BCUT2D eigenvalue weighted by molar-refractivity contribution is 5.69. The lowest BCUT2D eigenvalue weighted by Gasteiger charge is -2.27. The van der Waals surface area contributed by atoms with E-state index in [1.54, 1.807) is 0 Å². The van der Waals surface area contributed by atoms with E-state index < -0.39 is 5.54 Å². The molecule has 1 saturated carbocycles. The van der Waals surface area contributed by atoms with Crippen molar-refractivity contribution in [3.05, 3.63) is 11.7 Å². The van der Waals surface area contributed by atoms with E-state index in [9.17, 15) is 4.79 Å². The minimum Gasteiger partial charge on any atom is -0.469 e. The van der Waals surface area contributed by atoms with E-state index in [0.717, 1.165) is 25.7 Å². The van der Waals surface area contributed by atoms with Crippen molar-refractivity contribution >= 4 is 5.97 Å². The first-order valence-electron chi connectivity index (χ1n) is 7.33. The SMILES string of the molecule is COC(=O)CCc1nc(C2(N)CCCCCCC2)no1. The number of aromatic nitrogens is 2. The first-order chi connectivity index (χ1) is 9.64. The Hall–Kier alpha value is -1.43. The molecule has 6 heteroatoms. The summed E-state index contributed by atoms with van der Waals surface area (Å²) in [6.07, 6.45) is 8.34. The predicted molar refractivity (Wildman–Crippen MR) is 72.8 cm³/mol. The number of rotatable bonds is 4. The van der Waals surface area contributed by atoms with Crippen LogP contribution in [0.4, 0.5) is 0 Å². The fourth-order valence-electron chi connectivity index (χ4n) is 2.63. The van der Waals surface area contributed by atoms with Crippen molar-refractivity contribution in [3.8, 4) is 0 Å². The molecule has 0 aromatic carbocycles. The van der Waals surface area contributed by atoms with Crippen molar-refractivity contribution in [2.24, 2.45) is 5.73 Å². The molecule has 2 N–H and O–H groups in total. The fourth-order valence-corrected chi connectivity index (χ4v) is 2.63. The molecule has 0 radical (unpaired) electrons. The number of hydrogen-bond acceptors (Lipinski definition) is 6. The Morgan fingerprint density at radius 3 is 2.60 bits per heavy atom. The molecule has 0 bridgehead atoms. The number of ether oxygens (including phenoxy) is 1. The highest BCUT2D eigenvalue weighted by atomic mass is 16.5. The van der Waals surface area contributed by atoms with E-state index in [1.807, 2.05) is 0 Å². The van der Waals surface area contributed by atoms with Crippen molar-refractivity contribution in [1.29, 1.82) is 0 Å². The maximum atomic E-state index is 11.1. The van der Waals surface area contributed by atoms with Gasteiger partial charge in [0.2, 0.25) is 5.89 Å². The van der Waals surface area contributed by atoms with Gasteiger partial charge < -0.3 is 15.0 Å². The van der Waals surface area contributed by atoms with Gasteiger partial charge in [-0.2, -0.15) is 4.98 Å². The summed E-state index contributed by atoms with van der Waals surface area (Å²) in [6.45, 7) is 0. The lowest BCUT2D eigenvalue weighted by Crippen LogP contribution is -2.38. The summed E-state index contributed by atoms with van der Waals surface area (Å²) >= 11 is 0. The van der Waals surface area contributed by atoms with Gasteiger partial charge in [-0.15, -0.1) is 0 Å². The molecule has 0 spiro atoms. The average molecular weight is 281 g/mol. The van der Waals surface area contributed by atoms with Gasteiger partial charge in [0.25, 0.3) is 0 Å². The van der Waals surface area contributed by atoms with Crippen LogP contribution in [0.2, 0.25) is 0 Å². The maximum Gasteiger partial charge on any atom is 0.306 e. The van der Waals surface area contributed by atoms with Gasteiger partial charge in [-0.05, 0) is 12.8 Å². The maximum absolute atomic E-state index is 11.1. The van der Waals surface area contributed by atoms with Crippen LogP contribution in [0.3, 0.4) is 0 Å². The first-order valence-corrected chi connectivity index (χ1v) is 7.33. The summed E-state index contributed by atoms with van der Waals surface area (Å²) in [5, 5.41) is 4.02. The molecule has 1 heterocycles. The summed E-state index contributed by atoms with van der Waals surface area (Å²) in [5.74, 6) is 0.759. The summed E-state index contributed by atoms with van der Waals surface area (Å²) < 4.78 is 9.79. The second-order valence-electron chi connectivity index (χ2n) is 5.51. The largest absolute Gasteiger partial charge is 0.469 e. The second kappa shape index (κ2) is 6.83. The van der Waals surface area contributed by atoms with Crippen molar-refractivity contribution in [2.45, 2.75) is 63.3 Å². The van der Waals surface area contributed by atoms with E-state index in [0.29, 0.717) is 18.1 Å². The number of hydrogen-bond donors (Lipinski definition) is 1. The van der Waals surface area contributed by atoms with Crippen molar-refractivity contribution in [3.63, 3.8) is 0 Å². The molecule has 6 nitrogen and oxygen atoms in total. The fraction of sp³-hybridized carbons (Fsp3) is 0.786. The molecule has 112 valence electrons. The van der Waals surface area contributed by atoms with Crippen molar-refractivity contribution in [2.75, 3.05) is 7.11 Å². The van der Waals surface area contributed by atoms with E-state index in [-0.39, 0.29) is 12.4 Å². The highest BCUT2D eigenvalue weighted by Crippen LogP contribution is 2.31. The molecule has 0 aliphatic heterocycles. The highest BCUT2D eigenvalue weighted by Gasteiger charge is 2.32. The quantitative estimate of drug-likeness (QED) is 0.849. The number of nitrogens with two attached hydrogens (primary N) is 1. The van der Waals surface area contributed by atoms with Crippen LogP contribution in [0.15, 0.2) is 4.52 Å². The zero-order chi connectivity index (χ0) is 14.4. The van der Waals surface area contributed by atoms with Crippen LogP contribution >= 0.6 is 0 Å².